The van der Waals surface area contributed by atoms with Gasteiger partial charge in [0.2, 0.25) is 0 Å². The Hall–Kier alpha value is -1.85. The van der Waals surface area contributed by atoms with Crippen molar-refractivity contribution in [3.05, 3.63) is 18.0 Å². The van der Waals surface area contributed by atoms with E-state index >= 15 is 0 Å². The molecular formula is C10H14N2O4. The number of carboxylic acid groups (broad SMARTS) is 1. The quantitative estimate of drug-likeness (QED) is 0.756. The lowest BCUT2D eigenvalue weighted by molar-refractivity contribution is -0.139. The summed E-state index contributed by atoms with van der Waals surface area (Å²) in [6.07, 6.45) is 3.30. The number of rotatable bonds is 6. The molecule has 2 N–H and O–H groups in total. The lowest BCUT2D eigenvalue weighted by Gasteiger charge is -2.12. The molecule has 0 saturated carbocycles. The predicted octanol–water partition coefficient (Wildman–Crippen LogP) is 1.05. The zero-order chi connectivity index (χ0) is 12.0. The van der Waals surface area contributed by atoms with Gasteiger partial charge in [0.25, 0.3) is 5.91 Å². The summed E-state index contributed by atoms with van der Waals surface area (Å²) in [6, 6.07) is 0.512. The van der Waals surface area contributed by atoms with Gasteiger partial charge in [-0.1, -0.05) is 24.9 Å². The molecule has 0 saturated heterocycles. The third-order valence-corrected chi connectivity index (χ3v) is 2.12. The lowest BCUT2D eigenvalue weighted by Crippen LogP contribution is -2.40. The maximum absolute atomic E-state index is 11.5. The van der Waals surface area contributed by atoms with Crippen molar-refractivity contribution in [3.63, 3.8) is 0 Å². The van der Waals surface area contributed by atoms with E-state index in [0.717, 1.165) is 12.8 Å². The number of nitrogens with one attached hydrogen (secondary N) is 1. The molecule has 0 bridgehead atoms. The summed E-state index contributed by atoms with van der Waals surface area (Å²) in [5.41, 5.74) is 0.0859. The average molecular weight is 226 g/mol. The van der Waals surface area contributed by atoms with Crippen LogP contribution >= 0.6 is 0 Å². The van der Waals surface area contributed by atoms with Crippen LogP contribution < -0.4 is 5.32 Å². The molecule has 1 aromatic rings. The number of carbonyl (C=O) groups excluding carboxylic acids is 1. The molecule has 1 heterocycles. The Bertz CT molecular complexity index is 348. The van der Waals surface area contributed by atoms with Crippen molar-refractivity contribution < 1.29 is 19.2 Å². The summed E-state index contributed by atoms with van der Waals surface area (Å²) in [6.45, 7) is 1.96. The topological polar surface area (TPSA) is 92.4 Å². The van der Waals surface area contributed by atoms with E-state index in [9.17, 15) is 9.59 Å². The van der Waals surface area contributed by atoms with Gasteiger partial charge < -0.3 is 14.9 Å². The summed E-state index contributed by atoms with van der Waals surface area (Å²) in [5, 5.41) is 14.7. The largest absolute Gasteiger partial charge is 0.480 e. The van der Waals surface area contributed by atoms with Crippen LogP contribution in [0.4, 0.5) is 0 Å². The van der Waals surface area contributed by atoms with Crippen molar-refractivity contribution in [1.82, 2.24) is 10.5 Å². The first-order valence-electron chi connectivity index (χ1n) is 5.09. The molecule has 88 valence electrons. The first kappa shape index (κ1) is 12.2. The Kier molecular flexibility index (Phi) is 4.50. The summed E-state index contributed by atoms with van der Waals surface area (Å²) < 4.78 is 4.50. The molecule has 0 aliphatic carbocycles. The van der Waals surface area contributed by atoms with Crippen molar-refractivity contribution in [2.45, 2.75) is 32.2 Å². The molecule has 0 spiro atoms. The van der Waals surface area contributed by atoms with Crippen molar-refractivity contribution >= 4 is 11.9 Å². The maximum atomic E-state index is 11.5. The maximum Gasteiger partial charge on any atom is 0.326 e. The van der Waals surface area contributed by atoms with Crippen LogP contribution in [0.3, 0.4) is 0 Å². The lowest BCUT2D eigenvalue weighted by atomic mass is 10.1. The number of nitrogens with zero attached hydrogens (tertiary/aromatic N) is 1. The molecule has 1 atom stereocenters. The first-order valence-corrected chi connectivity index (χ1v) is 5.09. The molecule has 1 rings (SSSR count). The number of carboxylic acids is 1. The number of aliphatic carboxylic acids is 1. The Morgan fingerprint density at radius 3 is 2.88 bits per heavy atom. The van der Waals surface area contributed by atoms with E-state index in [1.54, 1.807) is 0 Å². The molecule has 6 heteroatoms. The van der Waals surface area contributed by atoms with Gasteiger partial charge in [-0.25, -0.2) is 4.79 Å². The summed E-state index contributed by atoms with van der Waals surface area (Å²) in [7, 11) is 0. The monoisotopic (exact) mass is 226 g/mol. The number of aromatic nitrogens is 1. The van der Waals surface area contributed by atoms with Crippen molar-refractivity contribution in [2.24, 2.45) is 0 Å². The molecule has 1 aromatic heterocycles. The Labute approximate surface area is 92.6 Å². The number of hydrogen-bond acceptors (Lipinski definition) is 4. The first-order chi connectivity index (χ1) is 7.65. The molecule has 16 heavy (non-hydrogen) atoms. The van der Waals surface area contributed by atoms with E-state index in [1.807, 2.05) is 6.92 Å². The van der Waals surface area contributed by atoms with Gasteiger partial charge in [0, 0.05) is 6.07 Å². The third-order valence-electron chi connectivity index (χ3n) is 2.12. The van der Waals surface area contributed by atoms with Gasteiger partial charge in [-0.2, -0.15) is 0 Å². The van der Waals surface area contributed by atoms with Gasteiger partial charge in [-0.05, 0) is 6.42 Å². The average Bonchev–Trinajstić information content (AvgIpc) is 2.76. The SMILES string of the molecule is CCCCC(NC(=O)c1ccon1)C(=O)O. The highest BCUT2D eigenvalue weighted by molar-refractivity contribution is 5.94. The van der Waals surface area contributed by atoms with E-state index in [0.29, 0.717) is 6.42 Å². The molecule has 6 nitrogen and oxygen atoms in total. The zero-order valence-electron chi connectivity index (χ0n) is 8.97. The number of hydrogen-bond donors (Lipinski definition) is 2. The van der Waals surface area contributed by atoms with E-state index < -0.39 is 17.9 Å². The second kappa shape index (κ2) is 5.89. The van der Waals surface area contributed by atoms with Gasteiger partial charge in [0.1, 0.15) is 12.3 Å². The van der Waals surface area contributed by atoms with Crippen molar-refractivity contribution in [1.29, 1.82) is 0 Å². The zero-order valence-corrected chi connectivity index (χ0v) is 8.97. The van der Waals surface area contributed by atoms with Crippen LogP contribution in [0.15, 0.2) is 16.9 Å². The van der Waals surface area contributed by atoms with Crippen molar-refractivity contribution in [3.8, 4) is 0 Å². The van der Waals surface area contributed by atoms with E-state index in [2.05, 4.69) is 15.0 Å². The fraction of sp³-hybridized carbons (Fsp3) is 0.500. The van der Waals surface area contributed by atoms with Crippen molar-refractivity contribution in [2.75, 3.05) is 0 Å². The van der Waals surface area contributed by atoms with Gasteiger partial charge in [-0.15, -0.1) is 0 Å². The van der Waals surface area contributed by atoms with Gasteiger partial charge in [0.15, 0.2) is 5.69 Å². The smallest absolute Gasteiger partial charge is 0.326 e. The highest BCUT2D eigenvalue weighted by Crippen LogP contribution is 2.03. The Morgan fingerprint density at radius 1 is 1.62 bits per heavy atom. The fourth-order valence-corrected chi connectivity index (χ4v) is 1.23. The van der Waals surface area contributed by atoms with Gasteiger partial charge in [0.05, 0.1) is 0 Å². The van der Waals surface area contributed by atoms with Crippen LogP contribution in [0.1, 0.15) is 36.7 Å². The van der Waals surface area contributed by atoms with E-state index in [-0.39, 0.29) is 5.69 Å². The minimum Gasteiger partial charge on any atom is -0.480 e. The summed E-state index contributed by atoms with van der Waals surface area (Å²) in [4.78, 5) is 22.3. The standard InChI is InChI=1S/C10H14N2O4/c1-2-3-4-8(10(14)15)11-9(13)7-5-6-16-12-7/h5-6,8H,2-4H2,1H3,(H,11,13)(H,14,15). The van der Waals surface area contributed by atoms with E-state index in [1.165, 1.54) is 12.3 Å². The minimum absolute atomic E-state index is 0.0859. The van der Waals surface area contributed by atoms with E-state index in [4.69, 9.17) is 5.11 Å². The Balaban J connectivity index is 2.54. The third kappa shape index (κ3) is 3.38. The molecule has 1 unspecified atom stereocenters. The van der Waals surface area contributed by atoms with Crippen LogP contribution in [0, 0.1) is 0 Å². The molecule has 0 fully saturated rings. The van der Waals surface area contributed by atoms with Crippen LogP contribution in [-0.4, -0.2) is 28.2 Å². The Morgan fingerprint density at radius 2 is 2.38 bits per heavy atom. The molecule has 0 radical (unpaired) electrons. The normalized spacial score (nSPS) is 12.1. The van der Waals surface area contributed by atoms with Crippen LogP contribution in [0.25, 0.3) is 0 Å². The number of carbonyl (C=O) groups is 2. The minimum atomic E-state index is -1.04. The molecule has 0 aromatic carbocycles. The second-order valence-electron chi connectivity index (χ2n) is 3.39. The highest BCUT2D eigenvalue weighted by atomic mass is 16.5. The highest BCUT2D eigenvalue weighted by Gasteiger charge is 2.20. The van der Waals surface area contributed by atoms with Crippen LogP contribution in [-0.2, 0) is 4.79 Å². The fourth-order valence-electron chi connectivity index (χ4n) is 1.23. The molecule has 0 aliphatic heterocycles. The van der Waals surface area contributed by atoms with Crippen LogP contribution in [0.2, 0.25) is 0 Å². The molecular weight excluding hydrogens is 212 g/mol. The second-order valence-corrected chi connectivity index (χ2v) is 3.39. The summed E-state index contributed by atoms with van der Waals surface area (Å²) in [5.74, 6) is -1.57. The predicted molar refractivity (Wildman–Crippen MR) is 54.9 cm³/mol. The number of unbranched alkanes of at least 4 members (excludes halogenated alkanes) is 1. The molecule has 1 amide bonds. The molecule has 0 aliphatic rings. The number of amides is 1. The van der Waals surface area contributed by atoms with Gasteiger partial charge in [-0.3, -0.25) is 4.79 Å². The van der Waals surface area contributed by atoms with Crippen LogP contribution in [0.5, 0.6) is 0 Å². The van der Waals surface area contributed by atoms with Gasteiger partial charge >= 0.3 is 5.97 Å². The summed E-state index contributed by atoms with van der Waals surface area (Å²) >= 11 is 0.